The Kier molecular flexibility index (Phi) is 4.27. The molecule has 1 aromatic carbocycles. The van der Waals surface area contributed by atoms with E-state index in [1.54, 1.807) is 6.08 Å². The van der Waals surface area contributed by atoms with Gasteiger partial charge in [0.25, 0.3) is 0 Å². The van der Waals surface area contributed by atoms with E-state index in [1.807, 2.05) is 31.2 Å². The molecule has 0 radical (unpaired) electrons. The highest BCUT2D eigenvalue weighted by molar-refractivity contribution is 5.93. The molecule has 0 unspecified atom stereocenters. The molecule has 0 aliphatic carbocycles. The van der Waals surface area contributed by atoms with Crippen LogP contribution in [0.4, 0.5) is 0 Å². The van der Waals surface area contributed by atoms with Gasteiger partial charge in [0.1, 0.15) is 0 Å². The van der Waals surface area contributed by atoms with Crippen molar-refractivity contribution in [3.63, 3.8) is 0 Å². The molecule has 4 nitrogen and oxygen atoms in total. The molecule has 1 aromatic rings. The maximum Gasteiger partial charge on any atom is 0.244 e. The molecular weight excluding hydrogens is 206 g/mol. The van der Waals surface area contributed by atoms with Crippen LogP contribution in [0.15, 0.2) is 30.3 Å². The molecule has 0 saturated carbocycles. The zero-order valence-corrected chi connectivity index (χ0v) is 8.90. The Morgan fingerprint density at radius 3 is 2.69 bits per heavy atom. The van der Waals surface area contributed by atoms with Crippen molar-refractivity contribution in [2.75, 3.05) is 6.54 Å². The normalized spacial score (nSPS) is 10.3. The van der Waals surface area contributed by atoms with Crippen LogP contribution in [0.2, 0.25) is 0 Å². The minimum atomic E-state index is -1.31. The fourth-order valence-corrected chi connectivity index (χ4v) is 1.16. The van der Waals surface area contributed by atoms with Gasteiger partial charge in [0.2, 0.25) is 5.91 Å². The fourth-order valence-electron chi connectivity index (χ4n) is 1.16. The van der Waals surface area contributed by atoms with Gasteiger partial charge in [0, 0.05) is 6.08 Å². The maximum absolute atomic E-state index is 11.1. The summed E-state index contributed by atoms with van der Waals surface area (Å²) in [6.45, 7) is 1.45. The van der Waals surface area contributed by atoms with Crippen LogP contribution in [-0.2, 0) is 9.59 Å². The molecule has 1 rings (SSSR count). The summed E-state index contributed by atoms with van der Waals surface area (Å²) in [4.78, 5) is 21.2. The second-order valence-corrected chi connectivity index (χ2v) is 3.28. The molecular formula is C12H12NO3-. The standard InChI is InChI=1S/C12H13NO3/c1-9-4-2-3-5-10(9)6-7-11(14)13-8-12(15)16/h2-7H,8H2,1H3,(H,13,14)(H,15,16)/p-1. The van der Waals surface area contributed by atoms with Gasteiger partial charge in [0.15, 0.2) is 0 Å². The van der Waals surface area contributed by atoms with Gasteiger partial charge in [-0.25, -0.2) is 0 Å². The van der Waals surface area contributed by atoms with Crippen molar-refractivity contribution in [3.8, 4) is 0 Å². The molecule has 0 saturated heterocycles. The summed E-state index contributed by atoms with van der Waals surface area (Å²) in [7, 11) is 0. The number of amides is 1. The van der Waals surface area contributed by atoms with Gasteiger partial charge in [-0.2, -0.15) is 0 Å². The molecule has 0 atom stereocenters. The Labute approximate surface area is 93.6 Å². The Hall–Kier alpha value is -2.10. The Morgan fingerprint density at radius 2 is 2.06 bits per heavy atom. The Balaban J connectivity index is 2.57. The number of benzene rings is 1. The van der Waals surface area contributed by atoms with Crippen LogP contribution in [0.25, 0.3) is 6.08 Å². The van der Waals surface area contributed by atoms with E-state index in [0.29, 0.717) is 0 Å². The second kappa shape index (κ2) is 5.70. The molecule has 0 aliphatic heterocycles. The van der Waals surface area contributed by atoms with Gasteiger partial charge < -0.3 is 15.2 Å². The molecule has 0 aliphatic rings. The van der Waals surface area contributed by atoms with E-state index in [-0.39, 0.29) is 0 Å². The van der Waals surface area contributed by atoms with E-state index in [9.17, 15) is 14.7 Å². The maximum atomic E-state index is 11.1. The van der Waals surface area contributed by atoms with Crippen molar-refractivity contribution < 1.29 is 14.7 Å². The van der Waals surface area contributed by atoms with Crippen LogP contribution in [-0.4, -0.2) is 18.4 Å². The fraction of sp³-hybridized carbons (Fsp3) is 0.167. The first-order valence-corrected chi connectivity index (χ1v) is 4.81. The first kappa shape index (κ1) is 12.0. The summed E-state index contributed by atoms with van der Waals surface area (Å²) in [6.07, 6.45) is 2.94. The lowest BCUT2D eigenvalue weighted by atomic mass is 10.1. The van der Waals surface area contributed by atoms with E-state index < -0.39 is 18.4 Å². The SMILES string of the molecule is Cc1ccccc1C=CC(=O)NCC(=O)[O-]. The third-order valence-corrected chi connectivity index (χ3v) is 2.01. The molecule has 0 aromatic heterocycles. The van der Waals surface area contributed by atoms with Crippen molar-refractivity contribution in [2.24, 2.45) is 0 Å². The number of carboxylic acid groups (broad SMARTS) is 1. The summed E-state index contributed by atoms with van der Waals surface area (Å²) in [6, 6.07) is 7.57. The quantitative estimate of drug-likeness (QED) is 0.716. The molecule has 0 spiro atoms. The van der Waals surface area contributed by atoms with Crippen molar-refractivity contribution in [3.05, 3.63) is 41.5 Å². The molecule has 1 N–H and O–H groups in total. The lowest BCUT2D eigenvalue weighted by Gasteiger charge is -2.02. The Morgan fingerprint density at radius 1 is 1.38 bits per heavy atom. The van der Waals surface area contributed by atoms with Gasteiger partial charge in [-0.3, -0.25) is 4.79 Å². The lowest BCUT2D eigenvalue weighted by Crippen LogP contribution is -2.36. The minimum Gasteiger partial charge on any atom is -0.548 e. The topological polar surface area (TPSA) is 69.2 Å². The number of hydrogen-bond acceptors (Lipinski definition) is 3. The highest BCUT2D eigenvalue weighted by Gasteiger charge is 1.95. The predicted molar refractivity (Wildman–Crippen MR) is 58.2 cm³/mol. The monoisotopic (exact) mass is 218 g/mol. The number of carboxylic acids is 1. The molecule has 16 heavy (non-hydrogen) atoms. The summed E-state index contributed by atoms with van der Waals surface area (Å²) in [5, 5.41) is 12.3. The largest absolute Gasteiger partial charge is 0.548 e. The number of aliphatic carboxylic acids is 1. The summed E-state index contributed by atoms with van der Waals surface area (Å²) < 4.78 is 0. The average molecular weight is 218 g/mol. The van der Waals surface area contributed by atoms with Crippen LogP contribution < -0.4 is 10.4 Å². The lowest BCUT2D eigenvalue weighted by molar-refractivity contribution is -0.303. The van der Waals surface area contributed by atoms with E-state index in [4.69, 9.17) is 0 Å². The second-order valence-electron chi connectivity index (χ2n) is 3.28. The number of aryl methyl sites for hydroxylation is 1. The number of hydrogen-bond donors (Lipinski definition) is 1. The van der Waals surface area contributed by atoms with Gasteiger partial charge in [-0.1, -0.05) is 24.3 Å². The summed E-state index contributed by atoms with van der Waals surface area (Å²) in [5.41, 5.74) is 1.97. The van der Waals surface area contributed by atoms with Gasteiger partial charge in [-0.05, 0) is 24.1 Å². The summed E-state index contributed by atoms with van der Waals surface area (Å²) >= 11 is 0. The Bertz CT molecular complexity index is 424. The minimum absolute atomic E-state index is 0.451. The molecule has 84 valence electrons. The zero-order valence-electron chi connectivity index (χ0n) is 8.90. The first-order valence-electron chi connectivity index (χ1n) is 4.81. The van der Waals surface area contributed by atoms with E-state index in [0.717, 1.165) is 11.1 Å². The number of nitrogens with one attached hydrogen (secondary N) is 1. The molecule has 1 amide bonds. The van der Waals surface area contributed by atoms with Crippen LogP contribution in [0, 0.1) is 6.92 Å². The predicted octanol–water partition coefficient (Wildman–Crippen LogP) is -0.126. The first-order chi connectivity index (χ1) is 7.59. The zero-order chi connectivity index (χ0) is 12.0. The van der Waals surface area contributed by atoms with Gasteiger partial charge in [-0.15, -0.1) is 0 Å². The van der Waals surface area contributed by atoms with E-state index in [1.165, 1.54) is 6.08 Å². The number of carbonyl (C=O) groups excluding carboxylic acids is 2. The third-order valence-electron chi connectivity index (χ3n) is 2.01. The van der Waals surface area contributed by atoms with Crippen LogP contribution in [0.5, 0.6) is 0 Å². The van der Waals surface area contributed by atoms with Crippen molar-refractivity contribution in [2.45, 2.75) is 6.92 Å². The molecule has 0 fully saturated rings. The smallest absolute Gasteiger partial charge is 0.244 e. The molecule has 0 heterocycles. The van der Waals surface area contributed by atoms with Gasteiger partial charge in [0.05, 0.1) is 12.5 Å². The van der Waals surface area contributed by atoms with Crippen LogP contribution in [0.3, 0.4) is 0 Å². The van der Waals surface area contributed by atoms with E-state index in [2.05, 4.69) is 5.32 Å². The number of carbonyl (C=O) groups is 2. The summed E-state index contributed by atoms with van der Waals surface area (Å²) in [5.74, 6) is -1.76. The van der Waals surface area contributed by atoms with Crippen molar-refractivity contribution >= 4 is 18.0 Å². The highest BCUT2D eigenvalue weighted by atomic mass is 16.4. The van der Waals surface area contributed by atoms with Crippen LogP contribution >= 0.6 is 0 Å². The van der Waals surface area contributed by atoms with Crippen LogP contribution in [0.1, 0.15) is 11.1 Å². The highest BCUT2D eigenvalue weighted by Crippen LogP contribution is 2.08. The van der Waals surface area contributed by atoms with Crippen molar-refractivity contribution in [1.82, 2.24) is 5.32 Å². The van der Waals surface area contributed by atoms with Crippen molar-refractivity contribution in [1.29, 1.82) is 0 Å². The van der Waals surface area contributed by atoms with E-state index >= 15 is 0 Å². The average Bonchev–Trinajstić information content (AvgIpc) is 2.25. The van der Waals surface area contributed by atoms with Gasteiger partial charge >= 0.3 is 0 Å². The third kappa shape index (κ3) is 3.96. The molecule has 0 bridgehead atoms. The number of rotatable bonds is 4. The molecule has 4 heteroatoms.